The Morgan fingerprint density at radius 1 is 0.550 bits per heavy atom. The SMILES string of the molecule is F[B-](F)(F)F.F[B-](F)(F)F.F[B-](F)(F)F.[K][CH]1CCC1. The molecule has 0 atom stereocenters. The van der Waals surface area contributed by atoms with Crippen molar-refractivity contribution in [2.24, 2.45) is 0 Å². The van der Waals surface area contributed by atoms with Crippen molar-refractivity contribution in [3.63, 3.8) is 0 Å². The Morgan fingerprint density at radius 2 is 0.650 bits per heavy atom. The Labute approximate surface area is 140 Å². The van der Waals surface area contributed by atoms with E-state index in [1.54, 1.807) is 12.8 Å². The zero-order valence-corrected chi connectivity index (χ0v) is 13.1. The van der Waals surface area contributed by atoms with E-state index < -0.39 is 21.8 Å². The first kappa shape index (κ1) is 25.9. The molecular formula is C4H7B3F12K-3. The fourth-order valence-electron chi connectivity index (χ4n) is 0.612. The third-order valence-corrected chi connectivity index (χ3v) is 3.20. The molecule has 0 spiro atoms. The summed E-state index contributed by atoms with van der Waals surface area (Å²) in [7, 11) is -18.0. The van der Waals surface area contributed by atoms with Crippen LogP contribution < -0.4 is 0 Å². The van der Waals surface area contributed by atoms with Crippen molar-refractivity contribution in [2.45, 2.75) is 19.3 Å². The summed E-state index contributed by atoms with van der Waals surface area (Å²) in [5.41, 5.74) is 0. The molecule has 0 aromatic carbocycles. The molecular weight excluding hydrogens is 348 g/mol. The number of rotatable bonds is 0. The second-order valence-electron chi connectivity index (χ2n) is 3.52. The first-order chi connectivity index (χ1) is 8.39. The van der Waals surface area contributed by atoms with Crippen LogP contribution in [0.25, 0.3) is 0 Å². The van der Waals surface area contributed by atoms with Crippen LogP contribution in [0.1, 0.15) is 19.3 Å². The van der Waals surface area contributed by atoms with Crippen LogP contribution in [0.2, 0.25) is 0.0125 Å². The molecule has 0 aliphatic heterocycles. The van der Waals surface area contributed by atoms with E-state index in [0.717, 1.165) is 49.0 Å². The molecule has 1 aliphatic rings. The molecule has 0 radical (unpaired) electrons. The summed E-state index contributed by atoms with van der Waals surface area (Å²) in [6.45, 7) is 0. The fourth-order valence-corrected chi connectivity index (χ4v) is 1.89. The molecule has 0 saturated heterocycles. The fraction of sp³-hybridized carbons (Fsp3) is 1.00. The van der Waals surface area contributed by atoms with E-state index in [0.29, 0.717) is 0 Å². The van der Waals surface area contributed by atoms with Gasteiger partial charge in [-0.1, -0.05) is 0 Å². The quantitative estimate of drug-likeness (QED) is 0.423. The molecule has 0 bridgehead atoms. The van der Waals surface area contributed by atoms with Gasteiger partial charge in [0.1, 0.15) is 0 Å². The molecule has 0 amide bonds. The minimum atomic E-state index is -6.00. The minimum absolute atomic E-state index is 1.16. The average molecular weight is 355 g/mol. The van der Waals surface area contributed by atoms with Gasteiger partial charge in [-0.2, -0.15) is 0 Å². The van der Waals surface area contributed by atoms with Crippen molar-refractivity contribution < 1.29 is 51.8 Å². The van der Waals surface area contributed by atoms with Gasteiger partial charge < -0.3 is 51.8 Å². The first-order valence-electron chi connectivity index (χ1n) is 5.01. The van der Waals surface area contributed by atoms with Crippen LogP contribution in [0.3, 0.4) is 0 Å². The van der Waals surface area contributed by atoms with E-state index in [9.17, 15) is 51.8 Å². The van der Waals surface area contributed by atoms with E-state index in [1.165, 1.54) is 6.43 Å². The normalized spacial score (nSPS) is 15.5. The summed E-state index contributed by atoms with van der Waals surface area (Å²) >= 11 is 1.16. The van der Waals surface area contributed by atoms with Gasteiger partial charge in [0.15, 0.2) is 0 Å². The number of hydrogen-bond donors (Lipinski definition) is 0. The molecule has 1 rings (SSSR count). The van der Waals surface area contributed by atoms with Gasteiger partial charge in [-0.15, -0.1) is 0 Å². The molecule has 0 aromatic heterocycles. The van der Waals surface area contributed by atoms with E-state index in [1.807, 2.05) is 0 Å². The summed E-state index contributed by atoms with van der Waals surface area (Å²) in [5.74, 6) is 0. The van der Waals surface area contributed by atoms with Gasteiger partial charge in [0.05, 0.1) is 0 Å². The Balaban J connectivity index is -0.000000193. The standard InChI is InChI=1S/C4H7.3BF4.K/c1-2-4-3-1;3*2-1(3,4)5;/h1H,2-4H2;;;;/q;3*-1;. The van der Waals surface area contributed by atoms with Crippen LogP contribution in [0, 0.1) is 0 Å². The van der Waals surface area contributed by atoms with E-state index >= 15 is 0 Å². The maximum absolute atomic E-state index is 9.75. The molecule has 0 nitrogen and oxygen atoms in total. The molecule has 1 saturated carbocycles. The monoisotopic (exact) mass is 355 g/mol. The number of halogens is 12. The van der Waals surface area contributed by atoms with Crippen molar-refractivity contribution in [1.29, 1.82) is 0 Å². The predicted octanol–water partition coefficient (Wildman–Crippen LogP) is 5.03. The Morgan fingerprint density at radius 3 is 0.650 bits per heavy atom. The predicted molar refractivity (Wildman–Crippen MR) is 53.9 cm³/mol. The molecule has 0 unspecified atom stereocenters. The third kappa shape index (κ3) is 126. The van der Waals surface area contributed by atoms with Gasteiger partial charge in [-0.25, -0.2) is 0 Å². The van der Waals surface area contributed by atoms with Gasteiger partial charge in [-0.3, -0.25) is 0 Å². The second-order valence-corrected chi connectivity index (χ2v) is 6.07. The molecule has 0 aromatic rings. The molecule has 20 heavy (non-hydrogen) atoms. The second kappa shape index (κ2) is 11.5. The van der Waals surface area contributed by atoms with Gasteiger partial charge in [0.2, 0.25) is 0 Å². The number of hydrogen-bond acceptors (Lipinski definition) is 0. The van der Waals surface area contributed by atoms with E-state index in [-0.39, 0.29) is 0 Å². The first-order valence-corrected chi connectivity index (χ1v) is 6.82. The van der Waals surface area contributed by atoms with E-state index in [4.69, 9.17) is 0 Å². The van der Waals surface area contributed by atoms with Crippen LogP contribution in [-0.2, 0) is 0 Å². The van der Waals surface area contributed by atoms with Crippen molar-refractivity contribution in [2.75, 3.05) is 0 Å². The van der Waals surface area contributed by atoms with Crippen LogP contribution in [-0.4, -0.2) is 70.7 Å². The Bertz CT molecular complexity index is 172. The topological polar surface area (TPSA) is 0 Å². The summed E-state index contributed by atoms with van der Waals surface area (Å²) < 4.78 is 118. The molecule has 16 heteroatoms. The van der Waals surface area contributed by atoms with Crippen molar-refractivity contribution in [3.05, 3.63) is 0 Å². The van der Waals surface area contributed by atoms with Gasteiger partial charge in [0, 0.05) is 0 Å². The third-order valence-electron chi connectivity index (χ3n) is 1.39. The van der Waals surface area contributed by atoms with Crippen molar-refractivity contribution >= 4 is 70.7 Å². The maximum atomic E-state index is 9.75. The average Bonchev–Trinajstić information content (AvgIpc) is 1.89. The van der Waals surface area contributed by atoms with Crippen molar-refractivity contribution in [1.82, 2.24) is 0 Å². The molecule has 0 N–H and O–H groups in total. The molecule has 120 valence electrons. The van der Waals surface area contributed by atoms with Gasteiger partial charge in [-0.05, 0) is 0 Å². The van der Waals surface area contributed by atoms with Crippen LogP contribution in [0.4, 0.5) is 51.8 Å². The van der Waals surface area contributed by atoms with Crippen molar-refractivity contribution in [3.8, 4) is 0 Å². The van der Waals surface area contributed by atoms with Crippen LogP contribution >= 0.6 is 0 Å². The van der Waals surface area contributed by atoms with Gasteiger partial charge in [0.25, 0.3) is 0 Å². The van der Waals surface area contributed by atoms with E-state index in [2.05, 4.69) is 0 Å². The Kier molecular flexibility index (Phi) is 15.0. The van der Waals surface area contributed by atoms with Gasteiger partial charge >= 0.3 is 90.0 Å². The van der Waals surface area contributed by atoms with Crippen LogP contribution in [0.15, 0.2) is 0 Å². The van der Waals surface area contributed by atoms with Crippen LogP contribution in [0.5, 0.6) is 0 Å². The zero-order valence-electron chi connectivity index (χ0n) is 9.97. The zero-order chi connectivity index (χ0) is 17.2. The summed E-state index contributed by atoms with van der Waals surface area (Å²) in [6.07, 6.45) is 4.67. The molecule has 0 heterocycles. The molecule has 1 fully saturated rings. The molecule has 1 aliphatic carbocycles. The summed E-state index contributed by atoms with van der Waals surface area (Å²) in [6, 6.07) is 0. The summed E-state index contributed by atoms with van der Waals surface area (Å²) in [5, 5.41) is 0. The summed E-state index contributed by atoms with van der Waals surface area (Å²) in [4.78, 5) is 0. The Hall–Kier alpha value is 0.991.